The summed E-state index contributed by atoms with van der Waals surface area (Å²) in [7, 11) is 0. The Bertz CT molecular complexity index is 259. The molecule has 0 aromatic heterocycles. The molecule has 0 bridgehead atoms. The van der Waals surface area contributed by atoms with Crippen LogP contribution < -0.4 is 0 Å². The van der Waals surface area contributed by atoms with Gasteiger partial charge in [0.2, 0.25) is 12.2 Å². The molecule has 1 aromatic carbocycles. The lowest BCUT2D eigenvalue weighted by Crippen LogP contribution is -1.62. The summed E-state index contributed by atoms with van der Waals surface area (Å²) < 4.78 is 0. The number of rotatable bonds is 0. The van der Waals surface area contributed by atoms with Crippen LogP contribution in [-0.2, 0) is 9.59 Å². The highest BCUT2D eigenvalue weighted by molar-refractivity contribution is 5.26. The molecule has 4 nitrogen and oxygen atoms in total. The second-order valence-electron chi connectivity index (χ2n) is 1.86. The zero-order chi connectivity index (χ0) is 10.5. The van der Waals surface area contributed by atoms with Gasteiger partial charge in [0, 0.05) is 0 Å². The van der Waals surface area contributed by atoms with Crippen molar-refractivity contribution in [3.8, 4) is 0 Å². The van der Waals surface area contributed by atoms with Gasteiger partial charge in [-0.1, -0.05) is 43.3 Å². The van der Waals surface area contributed by atoms with Crippen LogP contribution in [0.15, 0.2) is 30.3 Å². The summed E-state index contributed by atoms with van der Waals surface area (Å²) >= 11 is 0. The van der Waals surface area contributed by atoms with Crippen LogP contribution in [0.3, 0.4) is 0 Å². The summed E-state index contributed by atoms with van der Waals surface area (Å²) in [5.41, 5.74) is 1.32. The van der Waals surface area contributed by atoms with E-state index in [1.807, 2.05) is 18.2 Å². The molecule has 0 spiro atoms. The van der Waals surface area contributed by atoms with Gasteiger partial charge in [-0.2, -0.15) is 0 Å². The van der Waals surface area contributed by atoms with Crippen molar-refractivity contribution in [2.24, 2.45) is 0 Å². The average molecular weight is 194 g/mol. The summed E-state index contributed by atoms with van der Waals surface area (Å²) in [5, 5.41) is 10.8. The van der Waals surface area contributed by atoms with Crippen molar-refractivity contribution in [1.82, 2.24) is 0 Å². The summed E-state index contributed by atoms with van der Waals surface area (Å²) in [6.45, 7) is 2.08. The van der Waals surface area contributed by atoms with Gasteiger partial charge in [-0.05, 0) is 6.92 Å². The van der Waals surface area contributed by atoms with E-state index in [4.69, 9.17) is 20.4 Å². The highest BCUT2D eigenvalue weighted by Crippen LogP contribution is 1.92. The Labute approximate surface area is 83.6 Å². The fraction of sp³-hybridized carbons (Fsp3) is 0.200. The first-order valence-electron chi connectivity index (χ1n) is 3.32. The minimum absolute atomic E-state index is 0. The molecule has 76 valence electrons. The van der Waals surface area contributed by atoms with Gasteiger partial charge in [-0.25, -0.2) is 20.4 Å². The highest BCUT2D eigenvalue weighted by Gasteiger charge is 1.72. The molecule has 2 N–H and O–H groups in total. The molecule has 0 heterocycles. The second-order valence-corrected chi connectivity index (χ2v) is 1.86. The zero-order valence-corrected chi connectivity index (χ0v) is 7.20. The van der Waals surface area contributed by atoms with E-state index in [0.717, 1.165) is 12.2 Å². The molecule has 1 aromatic rings. The molecule has 1 rings (SSSR count). The van der Waals surface area contributed by atoms with Gasteiger partial charge in [0.25, 0.3) is 0 Å². The van der Waals surface area contributed by atoms with Crippen molar-refractivity contribution in [2.75, 3.05) is 0 Å². The summed E-state index contributed by atoms with van der Waals surface area (Å²) in [6.07, 6.45) is 1.50. The maximum atomic E-state index is 8.35. The van der Waals surface area contributed by atoms with Crippen LogP contribution in [0.1, 0.15) is 13.0 Å². The first-order valence-corrected chi connectivity index (χ1v) is 3.32. The zero-order valence-electron chi connectivity index (χ0n) is 7.20. The fourth-order valence-electron chi connectivity index (χ4n) is 0.534. The minimum Gasteiger partial charge on any atom is -0.222 e. The predicted octanol–water partition coefficient (Wildman–Crippen LogP) is 2.43. The van der Waals surface area contributed by atoms with Gasteiger partial charge in [0.05, 0.1) is 0 Å². The molecule has 0 amide bonds. The van der Waals surface area contributed by atoms with Gasteiger partial charge in [0.15, 0.2) is 0 Å². The normalized spacial score (nSPS) is 5.50. The van der Waals surface area contributed by atoms with Crippen molar-refractivity contribution in [3.05, 3.63) is 35.9 Å². The highest BCUT2D eigenvalue weighted by atomic mass is 16.1. The first-order chi connectivity index (χ1) is 6.22. The molecule has 0 saturated heterocycles. The minimum atomic E-state index is 0. The molecule has 0 aliphatic heterocycles. The Morgan fingerprint density at radius 2 is 1.29 bits per heavy atom. The topological polar surface area (TPSA) is 81.8 Å². The molecular weight excluding hydrogens is 180 g/mol. The largest absolute Gasteiger partial charge is 0.231 e. The van der Waals surface area contributed by atoms with Crippen LogP contribution in [0.2, 0.25) is 0 Å². The van der Waals surface area contributed by atoms with Crippen molar-refractivity contribution >= 4 is 12.2 Å². The van der Waals surface area contributed by atoms with Crippen molar-refractivity contribution < 1.29 is 9.59 Å². The van der Waals surface area contributed by atoms with Gasteiger partial charge in [0.1, 0.15) is 0 Å². The van der Waals surface area contributed by atoms with E-state index in [0.29, 0.717) is 0 Å². The molecular formula is C10H14N2O2. The maximum absolute atomic E-state index is 8.35. The number of nitrogens with one attached hydrogen (secondary N) is 2. The van der Waals surface area contributed by atoms with E-state index in [2.05, 4.69) is 19.1 Å². The number of isocyanates is 2. The SMILES string of the molecule is C.Cc1ccccc1.N=C=O.N=C=O. The number of benzene rings is 1. The van der Waals surface area contributed by atoms with E-state index in [-0.39, 0.29) is 7.43 Å². The molecule has 14 heavy (non-hydrogen) atoms. The Morgan fingerprint density at radius 1 is 1.00 bits per heavy atom. The van der Waals surface area contributed by atoms with Gasteiger partial charge < -0.3 is 0 Å². The third-order valence-corrected chi connectivity index (χ3v) is 0.940. The summed E-state index contributed by atoms with van der Waals surface area (Å²) in [5.74, 6) is 0. The first kappa shape index (κ1) is 17.9. The molecule has 0 radical (unpaired) electrons. The van der Waals surface area contributed by atoms with Crippen LogP contribution in [0.4, 0.5) is 0 Å². The lowest BCUT2D eigenvalue weighted by atomic mass is 10.2. The fourth-order valence-corrected chi connectivity index (χ4v) is 0.534. The summed E-state index contributed by atoms with van der Waals surface area (Å²) in [6, 6.07) is 10.3. The van der Waals surface area contributed by atoms with Crippen LogP contribution in [0.5, 0.6) is 0 Å². The third-order valence-electron chi connectivity index (χ3n) is 0.940. The number of aryl methyl sites for hydroxylation is 1. The lowest BCUT2D eigenvalue weighted by Gasteiger charge is -1.82. The monoisotopic (exact) mass is 194 g/mol. The molecule has 4 heteroatoms. The predicted molar refractivity (Wildman–Crippen MR) is 54.7 cm³/mol. The van der Waals surface area contributed by atoms with Crippen molar-refractivity contribution in [3.63, 3.8) is 0 Å². The van der Waals surface area contributed by atoms with E-state index >= 15 is 0 Å². The number of hydrogen-bond donors (Lipinski definition) is 2. The van der Waals surface area contributed by atoms with Crippen LogP contribution >= 0.6 is 0 Å². The maximum Gasteiger partial charge on any atom is 0.231 e. The van der Waals surface area contributed by atoms with E-state index in [1.165, 1.54) is 5.56 Å². The van der Waals surface area contributed by atoms with Gasteiger partial charge in [-0.15, -0.1) is 0 Å². The molecule has 0 atom stereocenters. The average Bonchev–Trinajstić information content (AvgIpc) is 2.08. The summed E-state index contributed by atoms with van der Waals surface area (Å²) in [4.78, 5) is 16.7. The number of carbonyl (C=O) groups excluding carboxylic acids is 2. The molecule has 0 saturated carbocycles. The number of hydrogen-bond acceptors (Lipinski definition) is 4. The molecule has 0 fully saturated rings. The Hall–Kier alpha value is -2.02. The molecule has 0 aliphatic rings. The van der Waals surface area contributed by atoms with Crippen LogP contribution in [0, 0.1) is 17.7 Å². The Kier molecular flexibility index (Phi) is 22.0. The van der Waals surface area contributed by atoms with Crippen molar-refractivity contribution in [2.45, 2.75) is 14.4 Å². The third kappa shape index (κ3) is 22.5. The second kappa shape index (κ2) is 17.2. The van der Waals surface area contributed by atoms with E-state index in [9.17, 15) is 0 Å². The Balaban J connectivity index is -0.000000150. The Morgan fingerprint density at radius 3 is 1.43 bits per heavy atom. The quantitative estimate of drug-likeness (QED) is 0.491. The smallest absolute Gasteiger partial charge is 0.222 e. The van der Waals surface area contributed by atoms with Gasteiger partial charge in [-0.3, -0.25) is 0 Å². The molecule has 0 aliphatic carbocycles. The van der Waals surface area contributed by atoms with Gasteiger partial charge >= 0.3 is 0 Å². The lowest BCUT2D eigenvalue weighted by molar-refractivity contribution is 0.562. The van der Waals surface area contributed by atoms with Crippen LogP contribution in [-0.4, -0.2) is 12.2 Å². The van der Waals surface area contributed by atoms with E-state index < -0.39 is 0 Å². The van der Waals surface area contributed by atoms with Crippen molar-refractivity contribution in [1.29, 1.82) is 10.8 Å². The standard InChI is InChI=1S/C7H8.2CHNO.CH4/c1-7-5-3-2-4-6-7;2*2-1-3;/h2-6H,1H3;2*2H;1H4. The van der Waals surface area contributed by atoms with E-state index in [1.54, 1.807) is 0 Å². The van der Waals surface area contributed by atoms with Crippen LogP contribution in [0.25, 0.3) is 0 Å². The molecule has 0 unspecified atom stereocenters.